The van der Waals surface area contributed by atoms with Gasteiger partial charge in [0.2, 0.25) is 5.95 Å². The van der Waals surface area contributed by atoms with Crippen LogP contribution in [0.1, 0.15) is 47.0 Å². The smallest absolute Gasteiger partial charge is 0.225 e. The van der Waals surface area contributed by atoms with E-state index in [1.54, 1.807) is 0 Å². The Hall–Kier alpha value is -1.16. The summed E-state index contributed by atoms with van der Waals surface area (Å²) in [5, 5.41) is 6.93. The average molecular weight is 518 g/mol. The molecule has 0 radical (unpaired) electrons. The predicted molar refractivity (Wildman–Crippen MR) is 133 cm³/mol. The van der Waals surface area contributed by atoms with Gasteiger partial charge in [-0.2, -0.15) is 0 Å². The molecule has 2 rings (SSSR count). The molecular formula is C21H40IN7. The van der Waals surface area contributed by atoms with Gasteiger partial charge in [-0.05, 0) is 32.3 Å². The molecule has 0 amide bonds. The molecule has 166 valence electrons. The molecular weight excluding hydrogens is 477 g/mol. The van der Waals surface area contributed by atoms with Gasteiger partial charge in [0, 0.05) is 57.7 Å². The third kappa shape index (κ3) is 10.4. The van der Waals surface area contributed by atoms with Crippen molar-refractivity contribution in [1.82, 2.24) is 25.5 Å². The van der Waals surface area contributed by atoms with Gasteiger partial charge in [-0.15, -0.1) is 24.0 Å². The number of aromatic nitrogens is 2. The molecule has 1 aromatic heterocycles. The van der Waals surface area contributed by atoms with Crippen LogP contribution in [-0.4, -0.2) is 72.7 Å². The lowest BCUT2D eigenvalue weighted by atomic mass is 10.0. The fraction of sp³-hybridized carbons (Fsp3) is 0.762. The number of halogens is 1. The zero-order valence-corrected chi connectivity index (χ0v) is 20.9. The number of hydrogen-bond donors (Lipinski definition) is 2. The number of guanidine groups is 1. The largest absolute Gasteiger partial charge is 0.357 e. The highest BCUT2D eigenvalue weighted by Crippen LogP contribution is 2.10. The van der Waals surface area contributed by atoms with Gasteiger partial charge in [-0.1, -0.05) is 26.7 Å². The van der Waals surface area contributed by atoms with Crippen molar-refractivity contribution in [1.29, 1.82) is 0 Å². The summed E-state index contributed by atoms with van der Waals surface area (Å²) in [4.78, 5) is 18.2. The maximum absolute atomic E-state index is 4.78. The summed E-state index contributed by atoms with van der Waals surface area (Å²) in [6, 6.07) is 2.31. The molecule has 1 atom stereocenters. The van der Waals surface area contributed by atoms with Crippen LogP contribution < -0.4 is 15.5 Å². The van der Waals surface area contributed by atoms with Crippen LogP contribution in [0.25, 0.3) is 0 Å². The van der Waals surface area contributed by atoms with Crippen molar-refractivity contribution >= 4 is 35.9 Å². The Labute approximate surface area is 194 Å². The number of anilines is 1. The Morgan fingerprint density at radius 1 is 1.10 bits per heavy atom. The van der Waals surface area contributed by atoms with Crippen molar-refractivity contribution in [3.63, 3.8) is 0 Å². The summed E-state index contributed by atoms with van der Waals surface area (Å²) < 4.78 is 0. The Morgan fingerprint density at radius 3 is 2.41 bits per heavy atom. The number of hydrogen-bond acceptors (Lipinski definition) is 5. The van der Waals surface area contributed by atoms with Gasteiger partial charge in [-0.3, -0.25) is 9.89 Å². The Morgan fingerprint density at radius 2 is 1.79 bits per heavy atom. The van der Waals surface area contributed by atoms with E-state index in [0.717, 1.165) is 63.6 Å². The maximum Gasteiger partial charge on any atom is 0.225 e. The first kappa shape index (κ1) is 25.9. The summed E-state index contributed by atoms with van der Waals surface area (Å²) in [5.41, 5.74) is 0. The fourth-order valence-electron chi connectivity index (χ4n) is 3.39. The molecule has 0 aliphatic carbocycles. The van der Waals surface area contributed by atoms with Crippen LogP contribution in [-0.2, 0) is 0 Å². The molecule has 1 aliphatic rings. The molecule has 0 aromatic carbocycles. The van der Waals surface area contributed by atoms with E-state index in [1.807, 2.05) is 18.5 Å². The maximum atomic E-state index is 4.78. The summed E-state index contributed by atoms with van der Waals surface area (Å²) >= 11 is 0. The minimum absolute atomic E-state index is 0. The molecule has 8 heteroatoms. The second-order valence-corrected chi connectivity index (χ2v) is 8.01. The molecule has 1 fully saturated rings. The lowest BCUT2D eigenvalue weighted by Crippen LogP contribution is -2.48. The lowest BCUT2D eigenvalue weighted by molar-refractivity contribution is 0.263. The zero-order valence-electron chi connectivity index (χ0n) is 18.6. The summed E-state index contributed by atoms with van der Waals surface area (Å²) in [6.45, 7) is 15.6. The van der Waals surface area contributed by atoms with E-state index in [9.17, 15) is 0 Å². The standard InChI is InChI=1S/C21H39N7.HI/c1-5-22-20(26-19(4)9-6-8-18(2)3)23-12-13-27-14-16-28(17-15-27)21-24-10-7-11-25-21;/h7,10-11,18-19H,5-6,8-9,12-17H2,1-4H3,(H2,22,23,26);1H. The van der Waals surface area contributed by atoms with Crippen molar-refractivity contribution in [3.8, 4) is 0 Å². The van der Waals surface area contributed by atoms with Gasteiger partial charge in [0.15, 0.2) is 5.96 Å². The van der Waals surface area contributed by atoms with E-state index in [4.69, 9.17) is 4.99 Å². The fourth-order valence-corrected chi connectivity index (χ4v) is 3.39. The van der Waals surface area contributed by atoms with Gasteiger partial charge in [0.1, 0.15) is 0 Å². The number of nitrogens with one attached hydrogen (secondary N) is 2. The average Bonchev–Trinajstić information content (AvgIpc) is 2.69. The van der Waals surface area contributed by atoms with Gasteiger partial charge in [0.25, 0.3) is 0 Å². The first-order valence-electron chi connectivity index (χ1n) is 10.9. The Balaban J connectivity index is 0.00000420. The zero-order chi connectivity index (χ0) is 20.2. The number of aliphatic imine (C=N–C) groups is 1. The molecule has 0 bridgehead atoms. The number of rotatable bonds is 10. The van der Waals surface area contributed by atoms with Crippen LogP contribution in [0.15, 0.2) is 23.5 Å². The molecule has 2 heterocycles. The van der Waals surface area contributed by atoms with Gasteiger partial charge in [-0.25, -0.2) is 9.97 Å². The van der Waals surface area contributed by atoms with E-state index in [0.29, 0.717) is 6.04 Å². The van der Waals surface area contributed by atoms with E-state index in [-0.39, 0.29) is 24.0 Å². The molecule has 2 N–H and O–H groups in total. The molecule has 1 aliphatic heterocycles. The molecule has 1 aromatic rings. The first-order chi connectivity index (χ1) is 13.6. The van der Waals surface area contributed by atoms with E-state index >= 15 is 0 Å². The molecule has 29 heavy (non-hydrogen) atoms. The van der Waals surface area contributed by atoms with E-state index in [2.05, 4.69) is 58.1 Å². The molecule has 1 saturated heterocycles. The van der Waals surface area contributed by atoms with Crippen molar-refractivity contribution in [2.45, 2.75) is 53.0 Å². The van der Waals surface area contributed by atoms with Crippen molar-refractivity contribution < 1.29 is 0 Å². The quantitative estimate of drug-likeness (QED) is 0.283. The number of piperazine rings is 1. The highest BCUT2D eigenvalue weighted by molar-refractivity contribution is 14.0. The first-order valence-corrected chi connectivity index (χ1v) is 10.9. The van der Waals surface area contributed by atoms with Crippen LogP contribution >= 0.6 is 24.0 Å². The Bertz CT molecular complexity index is 559. The van der Waals surface area contributed by atoms with Crippen LogP contribution in [0.5, 0.6) is 0 Å². The van der Waals surface area contributed by atoms with Gasteiger partial charge in [0.05, 0.1) is 6.54 Å². The summed E-state index contributed by atoms with van der Waals surface area (Å²) in [5.74, 6) is 2.56. The third-order valence-corrected chi connectivity index (χ3v) is 5.04. The van der Waals surface area contributed by atoms with Crippen LogP contribution in [0.2, 0.25) is 0 Å². The molecule has 0 spiro atoms. The van der Waals surface area contributed by atoms with Gasteiger partial charge < -0.3 is 15.5 Å². The highest BCUT2D eigenvalue weighted by atomic mass is 127. The van der Waals surface area contributed by atoms with Gasteiger partial charge >= 0.3 is 0 Å². The number of nitrogens with zero attached hydrogens (tertiary/aromatic N) is 5. The van der Waals surface area contributed by atoms with Crippen molar-refractivity contribution in [3.05, 3.63) is 18.5 Å². The van der Waals surface area contributed by atoms with Crippen LogP contribution in [0, 0.1) is 5.92 Å². The molecule has 1 unspecified atom stereocenters. The monoisotopic (exact) mass is 517 g/mol. The SMILES string of the molecule is CCNC(=NCCN1CCN(c2ncccn2)CC1)NC(C)CCCC(C)C.I. The highest BCUT2D eigenvalue weighted by Gasteiger charge is 2.18. The second-order valence-electron chi connectivity index (χ2n) is 8.01. The van der Waals surface area contributed by atoms with E-state index in [1.165, 1.54) is 19.3 Å². The van der Waals surface area contributed by atoms with Crippen molar-refractivity contribution in [2.75, 3.05) is 50.7 Å². The van der Waals surface area contributed by atoms with E-state index < -0.39 is 0 Å². The topological polar surface area (TPSA) is 68.7 Å². The molecule has 0 saturated carbocycles. The van der Waals surface area contributed by atoms with Crippen LogP contribution in [0.4, 0.5) is 5.95 Å². The minimum Gasteiger partial charge on any atom is -0.357 e. The normalized spacial score (nSPS) is 16.4. The molecule has 7 nitrogen and oxygen atoms in total. The second kappa shape index (κ2) is 14.8. The van der Waals surface area contributed by atoms with Crippen molar-refractivity contribution in [2.24, 2.45) is 10.9 Å². The van der Waals surface area contributed by atoms with Crippen LogP contribution in [0.3, 0.4) is 0 Å². The third-order valence-electron chi connectivity index (χ3n) is 5.04. The Kier molecular flexibility index (Phi) is 13.2. The predicted octanol–water partition coefficient (Wildman–Crippen LogP) is 2.99. The lowest BCUT2D eigenvalue weighted by Gasteiger charge is -2.34. The minimum atomic E-state index is 0. The summed E-state index contributed by atoms with van der Waals surface area (Å²) in [7, 11) is 0. The summed E-state index contributed by atoms with van der Waals surface area (Å²) in [6.07, 6.45) is 7.36.